The van der Waals surface area contributed by atoms with E-state index < -0.39 is 6.10 Å². The van der Waals surface area contributed by atoms with Gasteiger partial charge >= 0.3 is 0 Å². The molecule has 0 spiro atoms. The Hall–Kier alpha value is -1.91. The van der Waals surface area contributed by atoms with Crippen LogP contribution in [0.15, 0.2) is 30.3 Å². The Morgan fingerprint density at radius 2 is 1.50 bits per heavy atom. The van der Waals surface area contributed by atoms with E-state index in [-0.39, 0.29) is 22.4 Å². The van der Waals surface area contributed by atoms with Gasteiger partial charge in [0.1, 0.15) is 5.75 Å². The fourth-order valence-corrected chi connectivity index (χ4v) is 4.71. The van der Waals surface area contributed by atoms with Gasteiger partial charge in [-0.15, -0.1) is 0 Å². The minimum Gasteiger partial charge on any atom is -0.504 e. The first kappa shape index (κ1) is 30.3. The third-order valence-electron chi connectivity index (χ3n) is 6.62. The van der Waals surface area contributed by atoms with Crippen molar-refractivity contribution in [2.75, 3.05) is 5.32 Å². The van der Waals surface area contributed by atoms with Crippen molar-refractivity contribution in [3.63, 3.8) is 0 Å². The maximum Gasteiger partial charge on any atom is 0.265 e. The molecule has 2 aromatic rings. The number of anilines is 1. The molecule has 36 heavy (non-hydrogen) atoms. The van der Waals surface area contributed by atoms with E-state index in [1.165, 1.54) is 76.7 Å². The second-order valence-electron chi connectivity index (χ2n) is 9.69. The van der Waals surface area contributed by atoms with Gasteiger partial charge in [0.05, 0.1) is 10.7 Å². The van der Waals surface area contributed by atoms with Crippen molar-refractivity contribution in [1.29, 1.82) is 0 Å². The van der Waals surface area contributed by atoms with Gasteiger partial charge in [-0.25, -0.2) is 0 Å². The highest BCUT2D eigenvalue weighted by molar-refractivity contribution is 6.37. The topological polar surface area (TPSA) is 58.6 Å². The molecule has 2 rings (SSSR count). The van der Waals surface area contributed by atoms with E-state index in [2.05, 4.69) is 18.3 Å². The molecule has 2 aromatic carbocycles. The molecule has 0 aromatic heterocycles. The van der Waals surface area contributed by atoms with Gasteiger partial charge in [-0.3, -0.25) is 4.79 Å². The Morgan fingerprint density at radius 1 is 0.944 bits per heavy atom. The average Bonchev–Trinajstić information content (AvgIpc) is 2.87. The quantitative estimate of drug-likeness (QED) is 0.156. The molecule has 0 aliphatic heterocycles. The van der Waals surface area contributed by atoms with Crippen LogP contribution in [0.5, 0.6) is 11.5 Å². The lowest BCUT2D eigenvalue weighted by Gasteiger charge is -2.18. The Labute approximate surface area is 227 Å². The highest BCUT2D eigenvalue weighted by Crippen LogP contribution is 2.39. The summed E-state index contributed by atoms with van der Waals surface area (Å²) in [4.78, 5) is 12.7. The van der Waals surface area contributed by atoms with Crippen molar-refractivity contribution >= 4 is 34.8 Å². The predicted molar refractivity (Wildman–Crippen MR) is 153 cm³/mol. The highest BCUT2D eigenvalue weighted by atomic mass is 35.5. The number of nitrogens with one attached hydrogen (secondary N) is 1. The molecule has 200 valence electrons. The molecular formula is C30H43Cl2NO3. The van der Waals surface area contributed by atoms with Crippen molar-refractivity contribution in [2.45, 2.75) is 110 Å². The molecule has 1 atom stereocenters. The number of rotatable bonds is 17. The molecular weight excluding hydrogens is 493 g/mol. The Kier molecular flexibility index (Phi) is 14.1. The van der Waals surface area contributed by atoms with Crippen molar-refractivity contribution in [1.82, 2.24) is 0 Å². The summed E-state index contributed by atoms with van der Waals surface area (Å²) in [6.07, 6.45) is 16.0. The summed E-state index contributed by atoms with van der Waals surface area (Å²) in [5.74, 6) is 0.125. The van der Waals surface area contributed by atoms with Crippen molar-refractivity contribution in [3.05, 3.63) is 51.5 Å². The highest BCUT2D eigenvalue weighted by Gasteiger charge is 2.20. The lowest BCUT2D eigenvalue weighted by Crippen LogP contribution is -2.30. The van der Waals surface area contributed by atoms with Gasteiger partial charge in [-0.1, -0.05) is 119 Å². The van der Waals surface area contributed by atoms with E-state index >= 15 is 0 Å². The second kappa shape index (κ2) is 16.8. The maximum atomic E-state index is 12.7. The molecule has 0 saturated heterocycles. The van der Waals surface area contributed by atoms with Gasteiger partial charge < -0.3 is 15.2 Å². The van der Waals surface area contributed by atoms with Crippen LogP contribution in [0.25, 0.3) is 0 Å². The van der Waals surface area contributed by atoms with Crippen LogP contribution in [0.2, 0.25) is 10.0 Å². The molecule has 1 unspecified atom stereocenters. The fourth-order valence-electron chi connectivity index (χ4n) is 4.26. The summed E-state index contributed by atoms with van der Waals surface area (Å²) in [6, 6.07) is 9.36. The van der Waals surface area contributed by atoms with Crippen LogP contribution in [0.1, 0.15) is 102 Å². The van der Waals surface area contributed by atoms with Gasteiger partial charge in [0.25, 0.3) is 5.91 Å². The number of aryl methyl sites for hydroxylation is 1. The van der Waals surface area contributed by atoms with E-state index in [9.17, 15) is 9.90 Å². The number of halogens is 2. The minimum atomic E-state index is -0.758. The number of carbonyl (C=O) groups excluding carboxylic acids is 1. The van der Waals surface area contributed by atoms with Gasteiger partial charge in [-0.05, 0) is 49.9 Å². The van der Waals surface area contributed by atoms with E-state index in [4.69, 9.17) is 27.9 Å². The average molecular weight is 537 g/mol. The Balaban J connectivity index is 1.74. The van der Waals surface area contributed by atoms with Crippen LogP contribution >= 0.6 is 23.2 Å². The number of amides is 1. The van der Waals surface area contributed by atoms with E-state index in [0.29, 0.717) is 16.3 Å². The summed E-state index contributed by atoms with van der Waals surface area (Å²) in [7, 11) is 0. The van der Waals surface area contributed by atoms with Crippen molar-refractivity contribution in [3.8, 4) is 11.5 Å². The molecule has 0 radical (unpaired) electrons. The van der Waals surface area contributed by atoms with Crippen molar-refractivity contribution in [2.24, 2.45) is 0 Å². The fraction of sp³-hybridized carbons (Fsp3) is 0.567. The summed E-state index contributed by atoms with van der Waals surface area (Å²) in [5.41, 5.74) is 1.83. The molecule has 0 aliphatic carbocycles. The third-order valence-corrected chi connectivity index (χ3v) is 7.48. The number of hydrogen-bond acceptors (Lipinski definition) is 3. The Morgan fingerprint density at radius 3 is 2.11 bits per heavy atom. The normalized spacial score (nSPS) is 11.9. The zero-order valence-electron chi connectivity index (χ0n) is 22.2. The summed E-state index contributed by atoms with van der Waals surface area (Å²) in [6.45, 7) is 5.65. The standard InChI is InChI=1S/C30H43Cl2NO3/c1-4-5-6-7-8-9-10-11-12-13-14-15-18-24-19-16-17-20-27(24)36-23(3)30(35)33-26-21-25(31)22(2)28(32)29(26)34/h16-17,19-21,23,34H,4-15,18H2,1-3H3,(H,33,35). The number of phenolic OH excluding ortho intramolecular Hbond substituents is 1. The molecule has 0 saturated carbocycles. The molecule has 4 nitrogen and oxygen atoms in total. The molecule has 0 aliphatic rings. The SMILES string of the molecule is CCCCCCCCCCCCCCc1ccccc1OC(C)C(=O)Nc1cc(Cl)c(C)c(Cl)c1O. The monoisotopic (exact) mass is 535 g/mol. The Bertz CT molecular complexity index is 948. The summed E-state index contributed by atoms with van der Waals surface area (Å²) < 4.78 is 6.00. The summed E-state index contributed by atoms with van der Waals surface area (Å²) >= 11 is 12.3. The third kappa shape index (κ3) is 10.2. The molecule has 0 heterocycles. The number of hydrogen-bond donors (Lipinski definition) is 2. The number of aromatic hydroxyl groups is 1. The number of ether oxygens (including phenoxy) is 1. The van der Waals surface area contributed by atoms with E-state index in [1.54, 1.807) is 13.8 Å². The first-order chi connectivity index (χ1) is 17.3. The van der Waals surface area contributed by atoms with Crippen LogP contribution < -0.4 is 10.1 Å². The van der Waals surface area contributed by atoms with E-state index in [0.717, 1.165) is 18.4 Å². The predicted octanol–water partition coefficient (Wildman–Crippen LogP) is 9.66. The zero-order chi connectivity index (χ0) is 26.3. The number of benzene rings is 2. The molecule has 2 N–H and O–H groups in total. The molecule has 6 heteroatoms. The second-order valence-corrected chi connectivity index (χ2v) is 10.5. The number of unbranched alkanes of at least 4 members (excludes halogenated alkanes) is 11. The summed E-state index contributed by atoms with van der Waals surface area (Å²) in [5, 5.41) is 13.4. The molecule has 0 bridgehead atoms. The van der Waals surface area contributed by atoms with Crippen molar-refractivity contribution < 1.29 is 14.6 Å². The first-order valence-electron chi connectivity index (χ1n) is 13.6. The van der Waals surface area contributed by atoms with Gasteiger partial charge in [0.15, 0.2) is 11.9 Å². The van der Waals surface area contributed by atoms with Crippen LogP contribution in [-0.4, -0.2) is 17.1 Å². The lowest BCUT2D eigenvalue weighted by atomic mass is 10.0. The lowest BCUT2D eigenvalue weighted by molar-refractivity contribution is -0.122. The van der Waals surface area contributed by atoms with Crippen LogP contribution in [0.3, 0.4) is 0 Å². The largest absolute Gasteiger partial charge is 0.504 e. The van der Waals surface area contributed by atoms with Gasteiger partial charge in [0.2, 0.25) is 0 Å². The minimum absolute atomic E-state index is 0.124. The van der Waals surface area contributed by atoms with E-state index in [1.807, 2.05) is 18.2 Å². The molecule has 0 fully saturated rings. The van der Waals surface area contributed by atoms with Crippen LogP contribution in [0.4, 0.5) is 5.69 Å². The number of phenols is 1. The smallest absolute Gasteiger partial charge is 0.265 e. The van der Waals surface area contributed by atoms with Gasteiger partial charge in [-0.2, -0.15) is 0 Å². The number of para-hydroxylation sites is 1. The maximum absolute atomic E-state index is 12.7. The molecule has 1 amide bonds. The van der Waals surface area contributed by atoms with Crippen LogP contribution in [-0.2, 0) is 11.2 Å². The van der Waals surface area contributed by atoms with Crippen LogP contribution in [0, 0.1) is 6.92 Å². The first-order valence-corrected chi connectivity index (χ1v) is 14.3. The zero-order valence-corrected chi connectivity index (χ0v) is 23.7. The van der Waals surface area contributed by atoms with Gasteiger partial charge in [0, 0.05) is 5.02 Å². The number of carbonyl (C=O) groups is 1.